The van der Waals surface area contributed by atoms with Gasteiger partial charge in [-0.2, -0.15) is 0 Å². The molecule has 2 aromatic rings. The van der Waals surface area contributed by atoms with Crippen molar-refractivity contribution in [1.82, 2.24) is 10.3 Å². The van der Waals surface area contributed by atoms with Gasteiger partial charge in [-0.25, -0.2) is 4.98 Å². The van der Waals surface area contributed by atoms with E-state index in [0.29, 0.717) is 11.7 Å². The van der Waals surface area contributed by atoms with E-state index in [0.717, 1.165) is 23.4 Å². The lowest BCUT2D eigenvalue weighted by Gasteiger charge is -2.22. The largest absolute Gasteiger partial charge is 0.508 e. The Balaban J connectivity index is 1.91. The first kappa shape index (κ1) is 14.5. The van der Waals surface area contributed by atoms with E-state index in [-0.39, 0.29) is 12.1 Å². The van der Waals surface area contributed by atoms with Crippen LogP contribution in [-0.4, -0.2) is 10.1 Å². The smallest absolute Gasteiger partial charge is 0.120 e. The average Bonchev–Trinajstić information content (AvgIpc) is 3.09. The number of nitrogens with one attached hydrogen (secondary N) is 1. The minimum absolute atomic E-state index is 0.212. The molecule has 1 aromatic heterocycles. The summed E-state index contributed by atoms with van der Waals surface area (Å²) < 4.78 is 0. The fourth-order valence-electron chi connectivity index (χ4n) is 3.51. The van der Waals surface area contributed by atoms with Crippen molar-refractivity contribution in [3.05, 3.63) is 45.4 Å². The molecule has 3 rings (SSSR count). The lowest BCUT2D eigenvalue weighted by atomic mass is 9.97. The Morgan fingerprint density at radius 1 is 1.43 bits per heavy atom. The number of thiazole rings is 1. The Labute approximate surface area is 130 Å². The zero-order valence-corrected chi connectivity index (χ0v) is 13.6. The van der Waals surface area contributed by atoms with E-state index in [9.17, 15) is 5.11 Å². The maximum Gasteiger partial charge on any atom is 0.120 e. The van der Waals surface area contributed by atoms with E-state index >= 15 is 0 Å². The highest BCUT2D eigenvalue weighted by Crippen LogP contribution is 2.46. The van der Waals surface area contributed by atoms with Crippen LogP contribution in [0.1, 0.15) is 66.4 Å². The number of benzene rings is 1. The molecule has 3 atom stereocenters. The molecule has 0 bridgehead atoms. The van der Waals surface area contributed by atoms with Crippen LogP contribution in [0, 0.1) is 6.92 Å². The van der Waals surface area contributed by atoms with E-state index in [1.807, 2.05) is 23.7 Å². The Morgan fingerprint density at radius 2 is 2.24 bits per heavy atom. The predicted molar refractivity (Wildman–Crippen MR) is 86.9 cm³/mol. The number of rotatable bonds is 4. The standard InChI is InChI=1S/C17H22N2OS/c1-4-12(17-18-7-8-21-17)19-13-9-11(3)15-10(2)5-6-14(20)16(13)15/h5-8,11-13,19-20H,4,9H2,1-3H3. The molecule has 4 heteroatoms. The third kappa shape index (κ3) is 2.58. The molecule has 0 aliphatic heterocycles. The SMILES string of the molecule is CCC(NC1CC(C)c2c(C)ccc(O)c21)c1nccs1. The van der Waals surface area contributed by atoms with Crippen LogP contribution in [-0.2, 0) is 0 Å². The normalized spacial score (nSPS) is 22.2. The second-order valence-electron chi connectivity index (χ2n) is 5.92. The summed E-state index contributed by atoms with van der Waals surface area (Å²) in [6.07, 6.45) is 3.90. The van der Waals surface area contributed by atoms with Gasteiger partial charge in [0, 0.05) is 23.2 Å². The van der Waals surface area contributed by atoms with Crippen molar-refractivity contribution in [2.24, 2.45) is 0 Å². The number of aromatic nitrogens is 1. The molecule has 0 radical (unpaired) electrons. The minimum atomic E-state index is 0.212. The molecule has 0 spiro atoms. The number of phenolic OH excluding ortho intramolecular Hbond substituents is 1. The number of hydrogen-bond donors (Lipinski definition) is 2. The molecule has 21 heavy (non-hydrogen) atoms. The van der Waals surface area contributed by atoms with Gasteiger partial charge in [-0.3, -0.25) is 0 Å². The summed E-state index contributed by atoms with van der Waals surface area (Å²) in [5.41, 5.74) is 3.70. The van der Waals surface area contributed by atoms with Gasteiger partial charge >= 0.3 is 0 Å². The van der Waals surface area contributed by atoms with Gasteiger partial charge in [0.15, 0.2) is 0 Å². The number of nitrogens with zero attached hydrogens (tertiary/aromatic N) is 1. The van der Waals surface area contributed by atoms with Gasteiger partial charge < -0.3 is 10.4 Å². The zero-order chi connectivity index (χ0) is 15.0. The summed E-state index contributed by atoms with van der Waals surface area (Å²) in [5.74, 6) is 0.907. The van der Waals surface area contributed by atoms with Crippen molar-refractivity contribution < 1.29 is 5.11 Å². The van der Waals surface area contributed by atoms with E-state index in [1.165, 1.54) is 11.1 Å². The first-order chi connectivity index (χ1) is 10.1. The van der Waals surface area contributed by atoms with Crippen LogP contribution in [0.25, 0.3) is 0 Å². The number of phenols is 1. The van der Waals surface area contributed by atoms with Gasteiger partial charge in [-0.15, -0.1) is 11.3 Å². The van der Waals surface area contributed by atoms with Gasteiger partial charge in [-0.05, 0) is 42.9 Å². The van der Waals surface area contributed by atoms with Crippen molar-refractivity contribution in [2.45, 2.75) is 51.6 Å². The monoisotopic (exact) mass is 302 g/mol. The first-order valence-electron chi connectivity index (χ1n) is 7.59. The summed E-state index contributed by atoms with van der Waals surface area (Å²) in [5, 5.41) is 17.2. The molecule has 0 saturated heterocycles. The van der Waals surface area contributed by atoms with Crippen molar-refractivity contribution in [3.8, 4) is 5.75 Å². The second kappa shape index (κ2) is 5.78. The Bertz CT molecular complexity index is 624. The molecule has 1 heterocycles. The van der Waals surface area contributed by atoms with Crippen LogP contribution < -0.4 is 5.32 Å². The van der Waals surface area contributed by atoms with Gasteiger partial charge in [0.05, 0.1) is 6.04 Å². The van der Waals surface area contributed by atoms with Crippen molar-refractivity contribution in [1.29, 1.82) is 0 Å². The highest BCUT2D eigenvalue weighted by Gasteiger charge is 2.33. The molecule has 112 valence electrons. The summed E-state index contributed by atoms with van der Waals surface area (Å²) in [7, 11) is 0. The molecule has 1 aliphatic carbocycles. The third-order valence-electron chi connectivity index (χ3n) is 4.47. The van der Waals surface area contributed by atoms with Crippen LogP contribution in [0.4, 0.5) is 0 Å². The van der Waals surface area contributed by atoms with Crippen LogP contribution in [0.3, 0.4) is 0 Å². The molecule has 3 nitrogen and oxygen atoms in total. The predicted octanol–water partition coefficient (Wildman–Crippen LogP) is 4.45. The Kier molecular flexibility index (Phi) is 4.00. The molecular formula is C17H22N2OS. The highest BCUT2D eigenvalue weighted by atomic mass is 32.1. The summed E-state index contributed by atoms with van der Waals surface area (Å²) in [6.45, 7) is 6.56. The Hall–Kier alpha value is -1.39. The molecule has 1 aromatic carbocycles. The van der Waals surface area contributed by atoms with Crippen molar-refractivity contribution in [2.75, 3.05) is 0 Å². The Morgan fingerprint density at radius 3 is 2.90 bits per heavy atom. The average molecular weight is 302 g/mol. The van der Waals surface area contributed by atoms with Crippen LogP contribution >= 0.6 is 11.3 Å². The quantitative estimate of drug-likeness (QED) is 0.877. The van der Waals surface area contributed by atoms with E-state index < -0.39 is 0 Å². The van der Waals surface area contributed by atoms with E-state index in [1.54, 1.807) is 11.3 Å². The van der Waals surface area contributed by atoms with E-state index in [2.05, 4.69) is 31.1 Å². The molecule has 0 saturated carbocycles. The molecule has 3 unspecified atom stereocenters. The third-order valence-corrected chi connectivity index (χ3v) is 5.36. The topological polar surface area (TPSA) is 45.1 Å². The van der Waals surface area contributed by atoms with Crippen LogP contribution in [0.2, 0.25) is 0 Å². The van der Waals surface area contributed by atoms with Crippen LogP contribution in [0.5, 0.6) is 5.75 Å². The summed E-state index contributed by atoms with van der Waals surface area (Å²) in [4.78, 5) is 4.44. The second-order valence-corrected chi connectivity index (χ2v) is 6.84. The van der Waals surface area contributed by atoms with Crippen molar-refractivity contribution in [3.63, 3.8) is 0 Å². The van der Waals surface area contributed by atoms with Crippen LogP contribution in [0.15, 0.2) is 23.7 Å². The van der Waals surface area contributed by atoms with Gasteiger partial charge in [0.2, 0.25) is 0 Å². The maximum absolute atomic E-state index is 10.3. The summed E-state index contributed by atoms with van der Waals surface area (Å²) in [6, 6.07) is 4.31. The van der Waals surface area contributed by atoms with E-state index in [4.69, 9.17) is 0 Å². The summed E-state index contributed by atoms with van der Waals surface area (Å²) >= 11 is 1.69. The lowest BCUT2D eigenvalue weighted by molar-refractivity contribution is 0.403. The van der Waals surface area contributed by atoms with Gasteiger partial charge in [-0.1, -0.05) is 19.9 Å². The lowest BCUT2D eigenvalue weighted by Crippen LogP contribution is -2.24. The fraction of sp³-hybridized carbons (Fsp3) is 0.471. The van der Waals surface area contributed by atoms with Crippen molar-refractivity contribution >= 4 is 11.3 Å². The fourth-order valence-corrected chi connectivity index (χ4v) is 4.29. The molecule has 1 aliphatic rings. The molecular weight excluding hydrogens is 280 g/mol. The molecule has 0 fully saturated rings. The number of aryl methyl sites for hydroxylation is 1. The first-order valence-corrected chi connectivity index (χ1v) is 8.47. The highest BCUT2D eigenvalue weighted by molar-refractivity contribution is 7.09. The maximum atomic E-state index is 10.3. The van der Waals surface area contributed by atoms with Gasteiger partial charge in [0.1, 0.15) is 10.8 Å². The number of fused-ring (bicyclic) bond motifs is 1. The zero-order valence-electron chi connectivity index (χ0n) is 12.8. The molecule has 0 amide bonds. The van der Waals surface area contributed by atoms with Gasteiger partial charge in [0.25, 0.3) is 0 Å². The minimum Gasteiger partial charge on any atom is -0.508 e. The molecule has 2 N–H and O–H groups in total. The number of hydrogen-bond acceptors (Lipinski definition) is 4. The number of aromatic hydroxyl groups is 1.